The summed E-state index contributed by atoms with van der Waals surface area (Å²) >= 11 is 0. The highest BCUT2D eigenvalue weighted by Crippen LogP contribution is 2.20. The van der Waals surface area contributed by atoms with Crippen LogP contribution in [0.3, 0.4) is 0 Å². The maximum atomic E-state index is 12.1. The summed E-state index contributed by atoms with van der Waals surface area (Å²) in [6, 6.07) is 7.62. The monoisotopic (exact) mass is 321 g/mol. The Morgan fingerprint density at radius 2 is 1.87 bits per heavy atom. The highest BCUT2D eigenvalue weighted by molar-refractivity contribution is 5.96. The third-order valence-electron chi connectivity index (χ3n) is 4.31. The molecule has 0 aliphatic carbocycles. The van der Waals surface area contributed by atoms with Gasteiger partial charge in [0.05, 0.1) is 5.92 Å². The predicted octanol–water partition coefficient (Wildman–Crippen LogP) is 3.70. The molecule has 1 aromatic carbocycles. The Labute approximate surface area is 136 Å². The normalized spacial score (nSPS) is 15.2. The standard InChI is InChI=1S/C18H24FNO3/c1-2-3-4-5-6-17(21)15-9-7-14(8-10-15)11-20-12-16(13-20)18(22)23-19/h7-10,16H,2-6,11-13H2,1H3. The summed E-state index contributed by atoms with van der Waals surface area (Å²) in [5, 5.41) is 0. The van der Waals surface area contributed by atoms with Crippen molar-refractivity contribution in [1.82, 2.24) is 4.90 Å². The van der Waals surface area contributed by atoms with Gasteiger partial charge in [0, 0.05) is 36.1 Å². The molecule has 1 aromatic rings. The van der Waals surface area contributed by atoms with Crippen LogP contribution in [0.4, 0.5) is 4.53 Å². The van der Waals surface area contributed by atoms with Crippen LogP contribution in [-0.2, 0) is 16.3 Å². The van der Waals surface area contributed by atoms with E-state index in [9.17, 15) is 14.1 Å². The van der Waals surface area contributed by atoms with E-state index in [1.807, 2.05) is 29.2 Å². The van der Waals surface area contributed by atoms with Crippen molar-refractivity contribution in [2.24, 2.45) is 5.92 Å². The Balaban J connectivity index is 1.74. The molecule has 2 rings (SSSR count). The van der Waals surface area contributed by atoms with Crippen LogP contribution in [0.25, 0.3) is 0 Å². The number of halogens is 1. The first-order valence-electron chi connectivity index (χ1n) is 8.31. The summed E-state index contributed by atoms with van der Waals surface area (Å²) in [6.45, 7) is 3.88. The molecule has 4 nitrogen and oxygen atoms in total. The summed E-state index contributed by atoms with van der Waals surface area (Å²) in [4.78, 5) is 28.3. The number of Topliss-reactive ketones (excluding diaryl/α,β-unsaturated/α-hetero) is 1. The number of carbonyl (C=O) groups is 2. The van der Waals surface area contributed by atoms with E-state index in [0.29, 0.717) is 26.1 Å². The maximum absolute atomic E-state index is 12.1. The van der Waals surface area contributed by atoms with Gasteiger partial charge >= 0.3 is 5.97 Å². The molecule has 0 aromatic heterocycles. The van der Waals surface area contributed by atoms with Crippen LogP contribution in [0.2, 0.25) is 0 Å². The minimum absolute atomic E-state index is 0.197. The Kier molecular flexibility index (Phi) is 6.71. The first kappa shape index (κ1) is 17.6. The number of rotatable bonds is 9. The molecule has 1 heterocycles. The van der Waals surface area contributed by atoms with Gasteiger partial charge in [-0.05, 0) is 12.0 Å². The van der Waals surface area contributed by atoms with Crippen LogP contribution in [-0.4, -0.2) is 29.7 Å². The largest absolute Gasteiger partial charge is 0.354 e. The van der Waals surface area contributed by atoms with Crippen LogP contribution in [0.5, 0.6) is 0 Å². The van der Waals surface area contributed by atoms with Crippen LogP contribution in [0.1, 0.15) is 54.9 Å². The van der Waals surface area contributed by atoms with Gasteiger partial charge in [0.25, 0.3) is 0 Å². The van der Waals surface area contributed by atoms with E-state index in [2.05, 4.69) is 11.9 Å². The number of unbranched alkanes of at least 4 members (excludes halogenated alkanes) is 3. The summed E-state index contributed by atoms with van der Waals surface area (Å²) in [6.07, 6.45) is 5.02. The lowest BCUT2D eigenvalue weighted by molar-refractivity contribution is -0.194. The SMILES string of the molecule is CCCCCCC(=O)c1ccc(CN2CC(C(=O)OF)C2)cc1. The van der Waals surface area contributed by atoms with Crippen LogP contribution < -0.4 is 0 Å². The zero-order chi connectivity index (χ0) is 16.7. The van der Waals surface area contributed by atoms with Crippen molar-refractivity contribution in [3.63, 3.8) is 0 Å². The molecule has 0 saturated carbocycles. The number of nitrogens with zero attached hydrogens (tertiary/aromatic N) is 1. The third kappa shape index (κ3) is 5.13. The lowest BCUT2D eigenvalue weighted by Crippen LogP contribution is -2.49. The van der Waals surface area contributed by atoms with E-state index in [1.165, 1.54) is 12.8 Å². The average Bonchev–Trinajstić information content (AvgIpc) is 2.54. The zero-order valence-corrected chi connectivity index (χ0v) is 13.6. The zero-order valence-electron chi connectivity index (χ0n) is 13.6. The third-order valence-corrected chi connectivity index (χ3v) is 4.31. The van der Waals surface area contributed by atoms with Crippen molar-refractivity contribution < 1.29 is 19.1 Å². The molecule has 1 fully saturated rings. The van der Waals surface area contributed by atoms with E-state index >= 15 is 0 Å². The molecule has 0 radical (unpaired) electrons. The lowest BCUT2D eigenvalue weighted by Gasteiger charge is -2.36. The molecule has 0 N–H and O–H groups in total. The highest BCUT2D eigenvalue weighted by atomic mass is 19.3. The minimum atomic E-state index is -0.787. The molecule has 0 atom stereocenters. The van der Waals surface area contributed by atoms with E-state index in [4.69, 9.17) is 0 Å². The van der Waals surface area contributed by atoms with Crippen LogP contribution >= 0.6 is 0 Å². The van der Waals surface area contributed by atoms with Gasteiger partial charge in [0.15, 0.2) is 5.78 Å². The van der Waals surface area contributed by atoms with Crippen molar-refractivity contribution in [2.45, 2.75) is 45.6 Å². The lowest BCUT2D eigenvalue weighted by atomic mass is 9.98. The van der Waals surface area contributed by atoms with Crippen LogP contribution in [0.15, 0.2) is 24.3 Å². The molecule has 0 spiro atoms. The molecule has 126 valence electrons. The highest BCUT2D eigenvalue weighted by Gasteiger charge is 2.34. The van der Waals surface area contributed by atoms with Gasteiger partial charge in [0.1, 0.15) is 0 Å². The molecule has 1 aliphatic rings. The van der Waals surface area contributed by atoms with E-state index in [-0.39, 0.29) is 11.7 Å². The fourth-order valence-electron chi connectivity index (χ4n) is 2.82. The summed E-state index contributed by atoms with van der Waals surface area (Å²) in [5.74, 6) is -0.948. The fraction of sp³-hybridized carbons (Fsp3) is 0.556. The topological polar surface area (TPSA) is 46.6 Å². The molecule has 0 unspecified atom stereocenters. The molecule has 1 aliphatic heterocycles. The Hall–Kier alpha value is -1.75. The number of hydrogen-bond acceptors (Lipinski definition) is 4. The van der Waals surface area contributed by atoms with Gasteiger partial charge in [0.2, 0.25) is 0 Å². The molecule has 5 heteroatoms. The smallest absolute Gasteiger partial charge is 0.297 e. The maximum Gasteiger partial charge on any atom is 0.354 e. The second-order valence-corrected chi connectivity index (χ2v) is 6.22. The second-order valence-electron chi connectivity index (χ2n) is 6.22. The Bertz CT molecular complexity index is 524. The van der Waals surface area contributed by atoms with Gasteiger partial charge in [-0.25, -0.2) is 4.79 Å². The van der Waals surface area contributed by atoms with Crippen molar-refractivity contribution in [3.05, 3.63) is 35.4 Å². The predicted molar refractivity (Wildman–Crippen MR) is 85.5 cm³/mol. The molecule has 0 bridgehead atoms. The second kappa shape index (κ2) is 8.77. The number of benzene rings is 1. The average molecular weight is 321 g/mol. The number of ketones is 1. The van der Waals surface area contributed by atoms with Crippen molar-refractivity contribution in [2.75, 3.05) is 13.1 Å². The summed E-state index contributed by atoms with van der Waals surface area (Å²) in [5.41, 5.74) is 1.84. The van der Waals surface area contributed by atoms with E-state index < -0.39 is 5.97 Å². The minimum Gasteiger partial charge on any atom is -0.297 e. The molecular formula is C18H24FNO3. The van der Waals surface area contributed by atoms with Crippen LogP contribution in [0, 0.1) is 5.92 Å². The van der Waals surface area contributed by atoms with Crippen molar-refractivity contribution >= 4 is 11.8 Å². The molecular weight excluding hydrogens is 297 g/mol. The van der Waals surface area contributed by atoms with E-state index in [1.54, 1.807) is 0 Å². The van der Waals surface area contributed by atoms with Crippen molar-refractivity contribution in [1.29, 1.82) is 0 Å². The van der Waals surface area contributed by atoms with Gasteiger partial charge < -0.3 is 0 Å². The fourth-order valence-corrected chi connectivity index (χ4v) is 2.82. The Morgan fingerprint density at radius 1 is 1.17 bits per heavy atom. The first-order chi connectivity index (χ1) is 11.1. The number of hydrogen-bond donors (Lipinski definition) is 0. The number of likely N-dealkylation sites (tertiary alicyclic amines) is 1. The molecule has 23 heavy (non-hydrogen) atoms. The van der Waals surface area contributed by atoms with E-state index in [0.717, 1.165) is 24.0 Å². The number of carbonyl (C=O) groups excluding carboxylic acids is 2. The van der Waals surface area contributed by atoms with Gasteiger partial charge in [-0.2, -0.15) is 0 Å². The Morgan fingerprint density at radius 3 is 2.48 bits per heavy atom. The summed E-state index contributed by atoms with van der Waals surface area (Å²) < 4.78 is 11.8. The molecule has 0 amide bonds. The molecule has 1 saturated heterocycles. The van der Waals surface area contributed by atoms with Gasteiger partial charge in [-0.1, -0.05) is 50.5 Å². The van der Waals surface area contributed by atoms with Crippen molar-refractivity contribution in [3.8, 4) is 0 Å². The quantitative estimate of drug-likeness (QED) is 0.514. The van der Waals surface area contributed by atoms with Gasteiger partial charge in [-0.15, -0.1) is 0 Å². The van der Waals surface area contributed by atoms with Gasteiger partial charge in [-0.3, -0.25) is 14.6 Å². The summed E-state index contributed by atoms with van der Waals surface area (Å²) in [7, 11) is 0. The first-order valence-corrected chi connectivity index (χ1v) is 8.31.